The summed E-state index contributed by atoms with van der Waals surface area (Å²) >= 11 is 1.44. The molecule has 1 atom stereocenters. The fourth-order valence-corrected chi connectivity index (χ4v) is 2.70. The summed E-state index contributed by atoms with van der Waals surface area (Å²) in [4.78, 5) is 11.7. The molecule has 0 aliphatic heterocycles. The molecule has 112 valence electrons. The Balaban J connectivity index is 1.61. The fourth-order valence-electron chi connectivity index (χ4n) is 1.89. The molecule has 0 spiro atoms. The second-order valence-electron chi connectivity index (χ2n) is 5.32. The number of thioether (sulfide) groups is 1. The van der Waals surface area contributed by atoms with Crippen LogP contribution in [-0.2, 0) is 4.79 Å². The fraction of sp³-hybridized carbons (Fsp3) is 0.769. The number of aromatic nitrogens is 3. The summed E-state index contributed by atoms with van der Waals surface area (Å²) in [5.74, 6) is 0.705. The quantitative estimate of drug-likeness (QED) is 0.529. The van der Waals surface area contributed by atoms with Gasteiger partial charge in [0.25, 0.3) is 0 Å². The normalized spacial score (nSPS) is 16.1. The van der Waals surface area contributed by atoms with Crippen LogP contribution in [0.3, 0.4) is 0 Å². The number of hydrogen-bond donors (Lipinski definition) is 2. The van der Waals surface area contributed by atoms with Crippen molar-refractivity contribution in [3.05, 3.63) is 6.33 Å². The second-order valence-corrected chi connectivity index (χ2v) is 6.26. The van der Waals surface area contributed by atoms with Gasteiger partial charge in [0.15, 0.2) is 5.16 Å². The predicted molar refractivity (Wildman–Crippen MR) is 77.5 cm³/mol. The summed E-state index contributed by atoms with van der Waals surface area (Å²) in [6.45, 7) is 2.88. The van der Waals surface area contributed by atoms with Gasteiger partial charge < -0.3 is 15.0 Å². The lowest BCUT2D eigenvalue weighted by atomic mass is 10.1. The van der Waals surface area contributed by atoms with E-state index in [4.69, 9.17) is 5.11 Å². The summed E-state index contributed by atoms with van der Waals surface area (Å²) in [6.07, 6.45) is 5.94. The van der Waals surface area contributed by atoms with Gasteiger partial charge in [0.2, 0.25) is 5.91 Å². The van der Waals surface area contributed by atoms with Crippen LogP contribution in [0.25, 0.3) is 0 Å². The van der Waals surface area contributed by atoms with Crippen molar-refractivity contribution in [1.29, 1.82) is 0 Å². The van der Waals surface area contributed by atoms with Gasteiger partial charge in [-0.3, -0.25) is 4.79 Å². The Labute approximate surface area is 123 Å². The Bertz CT molecular complexity index is 434. The van der Waals surface area contributed by atoms with Crippen LogP contribution in [0.4, 0.5) is 0 Å². The minimum absolute atomic E-state index is 0.0250. The van der Waals surface area contributed by atoms with Gasteiger partial charge in [-0.25, -0.2) is 0 Å². The van der Waals surface area contributed by atoms with Crippen molar-refractivity contribution in [1.82, 2.24) is 20.1 Å². The number of carbonyl (C=O) groups is 1. The zero-order valence-corrected chi connectivity index (χ0v) is 12.6. The van der Waals surface area contributed by atoms with Crippen molar-refractivity contribution in [2.75, 3.05) is 18.9 Å². The van der Waals surface area contributed by atoms with Crippen molar-refractivity contribution in [3.63, 3.8) is 0 Å². The van der Waals surface area contributed by atoms with Crippen molar-refractivity contribution < 1.29 is 9.90 Å². The molecule has 2 rings (SSSR count). The first-order chi connectivity index (χ1) is 9.70. The van der Waals surface area contributed by atoms with Gasteiger partial charge in [-0.05, 0) is 31.6 Å². The van der Waals surface area contributed by atoms with Crippen LogP contribution >= 0.6 is 11.8 Å². The number of carbonyl (C=O) groups excluding carboxylic acids is 1. The van der Waals surface area contributed by atoms with Crippen LogP contribution in [-0.4, -0.2) is 44.7 Å². The number of nitrogens with one attached hydrogen (secondary N) is 1. The molecule has 0 aromatic carbocycles. The smallest absolute Gasteiger partial charge is 0.230 e. The van der Waals surface area contributed by atoms with E-state index in [1.54, 1.807) is 6.33 Å². The molecule has 1 unspecified atom stereocenters. The summed E-state index contributed by atoms with van der Waals surface area (Å²) < 4.78 is 2.06. The minimum Gasteiger partial charge on any atom is -0.396 e. The summed E-state index contributed by atoms with van der Waals surface area (Å²) in [5.41, 5.74) is 0. The van der Waals surface area contributed by atoms with Gasteiger partial charge in [0.1, 0.15) is 6.33 Å². The van der Waals surface area contributed by atoms with Crippen LogP contribution in [0.5, 0.6) is 0 Å². The third kappa shape index (κ3) is 4.79. The Kier molecular flexibility index (Phi) is 5.85. The maximum atomic E-state index is 11.7. The molecule has 1 saturated carbocycles. The van der Waals surface area contributed by atoms with Gasteiger partial charge in [0.05, 0.1) is 5.75 Å². The first-order valence-corrected chi connectivity index (χ1v) is 8.09. The molecule has 7 heteroatoms. The van der Waals surface area contributed by atoms with Crippen LogP contribution in [0.2, 0.25) is 0 Å². The average Bonchev–Trinajstić information content (AvgIpc) is 3.19. The van der Waals surface area contributed by atoms with Crippen LogP contribution in [0.1, 0.15) is 38.6 Å². The maximum absolute atomic E-state index is 11.7. The van der Waals surface area contributed by atoms with Crippen molar-refractivity contribution in [3.8, 4) is 0 Å². The SMILES string of the molecule is CC(CO)CCCNC(=O)CSc1nncn1C1CC1. The molecule has 6 nitrogen and oxygen atoms in total. The maximum Gasteiger partial charge on any atom is 0.230 e. The van der Waals surface area contributed by atoms with Gasteiger partial charge in [0, 0.05) is 19.2 Å². The molecule has 1 fully saturated rings. The van der Waals surface area contributed by atoms with E-state index in [-0.39, 0.29) is 12.5 Å². The molecule has 1 aromatic rings. The number of aliphatic hydroxyl groups is 1. The number of hydrogen-bond acceptors (Lipinski definition) is 5. The highest BCUT2D eigenvalue weighted by atomic mass is 32.2. The summed E-state index contributed by atoms with van der Waals surface area (Å²) in [5, 5.41) is 20.6. The third-order valence-electron chi connectivity index (χ3n) is 3.32. The Hall–Kier alpha value is -1.08. The lowest BCUT2D eigenvalue weighted by Crippen LogP contribution is -2.26. The number of nitrogens with zero attached hydrogens (tertiary/aromatic N) is 3. The first kappa shape index (κ1) is 15.3. The third-order valence-corrected chi connectivity index (χ3v) is 4.28. The largest absolute Gasteiger partial charge is 0.396 e. The zero-order valence-electron chi connectivity index (χ0n) is 11.8. The summed E-state index contributed by atoms with van der Waals surface area (Å²) in [7, 11) is 0. The molecule has 2 N–H and O–H groups in total. The highest BCUT2D eigenvalue weighted by molar-refractivity contribution is 7.99. The Morgan fingerprint density at radius 3 is 3.15 bits per heavy atom. The lowest BCUT2D eigenvalue weighted by Gasteiger charge is -2.08. The minimum atomic E-state index is 0.0250. The Morgan fingerprint density at radius 1 is 1.65 bits per heavy atom. The van der Waals surface area contributed by atoms with Crippen molar-refractivity contribution in [2.45, 2.75) is 43.8 Å². The van der Waals surface area contributed by atoms with Crippen LogP contribution in [0.15, 0.2) is 11.5 Å². The molecule has 20 heavy (non-hydrogen) atoms. The molecule has 1 amide bonds. The predicted octanol–water partition coefficient (Wildman–Crippen LogP) is 1.23. The van der Waals surface area contributed by atoms with E-state index in [0.717, 1.165) is 18.0 Å². The van der Waals surface area contributed by atoms with Gasteiger partial charge in [-0.1, -0.05) is 18.7 Å². The molecule has 0 bridgehead atoms. The molecule has 1 aromatic heterocycles. The van der Waals surface area contributed by atoms with E-state index in [2.05, 4.69) is 20.1 Å². The molecule has 0 radical (unpaired) electrons. The highest BCUT2D eigenvalue weighted by Gasteiger charge is 2.26. The summed E-state index contributed by atoms with van der Waals surface area (Å²) in [6, 6.07) is 0.538. The van der Waals surface area contributed by atoms with Gasteiger partial charge >= 0.3 is 0 Å². The van der Waals surface area contributed by atoms with E-state index in [1.807, 2.05) is 6.92 Å². The molecular formula is C13H22N4O2S. The lowest BCUT2D eigenvalue weighted by molar-refractivity contribution is -0.118. The number of rotatable bonds is 9. The van der Waals surface area contributed by atoms with E-state index < -0.39 is 0 Å². The average molecular weight is 298 g/mol. The first-order valence-electron chi connectivity index (χ1n) is 7.10. The Morgan fingerprint density at radius 2 is 2.45 bits per heavy atom. The highest BCUT2D eigenvalue weighted by Crippen LogP contribution is 2.37. The molecular weight excluding hydrogens is 276 g/mol. The second kappa shape index (κ2) is 7.64. The van der Waals surface area contributed by atoms with E-state index in [0.29, 0.717) is 24.3 Å². The van der Waals surface area contributed by atoms with Crippen LogP contribution < -0.4 is 5.32 Å². The topological polar surface area (TPSA) is 80.0 Å². The molecule has 0 saturated heterocycles. The molecule has 1 heterocycles. The zero-order chi connectivity index (χ0) is 14.4. The van der Waals surface area contributed by atoms with Crippen LogP contribution in [0, 0.1) is 5.92 Å². The van der Waals surface area contributed by atoms with E-state index in [9.17, 15) is 4.79 Å². The molecule has 1 aliphatic rings. The van der Waals surface area contributed by atoms with Crippen molar-refractivity contribution >= 4 is 17.7 Å². The molecule has 1 aliphatic carbocycles. The van der Waals surface area contributed by atoms with Crippen molar-refractivity contribution in [2.24, 2.45) is 5.92 Å². The number of amides is 1. The van der Waals surface area contributed by atoms with Gasteiger partial charge in [-0.2, -0.15) is 0 Å². The van der Waals surface area contributed by atoms with E-state index in [1.165, 1.54) is 24.6 Å². The number of aliphatic hydroxyl groups excluding tert-OH is 1. The van der Waals surface area contributed by atoms with E-state index >= 15 is 0 Å². The van der Waals surface area contributed by atoms with Gasteiger partial charge in [-0.15, -0.1) is 10.2 Å². The monoisotopic (exact) mass is 298 g/mol. The standard InChI is InChI=1S/C13H22N4O2S/c1-10(7-18)3-2-6-14-12(19)8-20-13-16-15-9-17(13)11-4-5-11/h9-11,18H,2-8H2,1H3,(H,14,19).